The Balaban J connectivity index is 1.50. The molecule has 7 nitrogen and oxygen atoms in total. The first-order valence-corrected chi connectivity index (χ1v) is 11.3. The van der Waals surface area contributed by atoms with Gasteiger partial charge in [0.2, 0.25) is 10.0 Å². The number of rotatable bonds is 7. The van der Waals surface area contributed by atoms with E-state index >= 15 is 0 Å². The molecule has 0 aliphatic carbocycles. The monoisotopic (exact) mass is 453 g/mol. The van der Waals surface area contributed by atoms with Gasteiger partial charge in [-0.15, -0.1) is 0 Å². The first kappa shape index (κ1) is 23.0. The highest BCUT2D eigenvalue weighted by Crippen LogP contribution is 2.18. The van der Waals surface area contributed by atoms with Crippen molar-refractivity contribution in [3.8, 4) is 5.75 Å². The molecule has 3 rings (SSSR count). The number of nitrogens with one attached hydrogen (secondary N) is 1. The number of alkyl halides is 2. The van der Waals surface area contributed by atoms with Gasteiger partial charge in [0.05, 0.1) is 4.90 Å². The summed E-state index contributed by atoms with van der Waals surface area (Å²) in [6.07, 6.45) is -2.56. The van der Waals surface area contributed by atoms with Gasteiger partial charge in [-0.1, -0.05) is 29.8 Å². The molecule has 31 heavy (non-hydrogen) atoms. The molecular formula is C21H25F2N3O4S. The molecule has 168 valence electrons. The van der Waals surface area contributed by atoms with E-state index in [1.54, 1.807) is 53.4 Å². The van der Waals surface area contributed by atoms with Gasteiger partial charge in [-0.2, -0.15) is 4.31 Å². The third kappa shape index (κ3) is 6.14. The topological polar surface area (TPSA) is 79.0 Å². The van der Waals surface area contributed by atoms with Gasteiger partial charge in [-0.3, -0.25) is 0 Å². The first-order valence-electron chi connectivity index (χ1n) is 9.85. The number of sulfonamides is 1. The van der Waals surface area contributed by atoms with Crippen LogP contribution >= 0.6 is 0 Å². The summed E-state index contributed by atoms with van der Waals surface area (Å²) in [4.78, 5) is 14.2. The van der Waals surface area contributed by atoms with Gasteiger partial charge in [0.25, 0.3) is 6.43 Å². The van der Waals surface area contributed by atoms with E-state index in [-0.39, 0.29) is 43.7 Å². The Bertz CT molecular complexity index is 992. The van der Waals surface area contributed by atoms with Crippen molar-refractivity contribution in [2.75, 3.05) is 32.8 Å². The van der Waals surface area contributed by atoms with E-state index in [0.29, 0.717) is 11.3 Å². The fraction of sp³-hybridized carbons (Fsp3) is 0.381. The molecule has 1 N–H and O–H groups in total. The molecule has 1 saturated heterocycles. The third-order valence-electron chi connectivity index (χ3n) is 4.90. The largest absolute Gasteiger partial charge is 0.488 e. The van der Waals surface area contributed by atoms with E-state index in [2.05, 4.69) is 5.32 Å². The van der Waals surface area contributed by atoms with Crippen LogP contribution in [0.1, 0.15) is 11.1 Å². The zero-order valence-corrected chi connectivity index (χ0v) is 17.9. The predicted octanol–water partition coefficient (Wildman–Crippen LogP) is 2.86. The molecule has 2 amide bonds. The van der Waals surface area contributed by atoms with E-state index in [9.17, 15) is 22.0 Å². The first-order chi connectivity index (χ1) is 14.8. The average molecular weight is 454 g/mol. The summed E-state index contributed by atoms with van der Waals surface area (Å²) < 4.78 is 56.4. The lowest BCUT2D eigenvalue weighted by Gasteiger charge is -2.34. The molecule has 0 spiro atoms. The fourth-order valence-electron chi connectivity index (χ4n) is 3.18. The Kier molecular flexibility index (Phi) is 7.45. The highest BCUT2D eigenvalue weighted by atomic mass is 32.2. The molecule has 10 heteroatoms. The average Bonchev–Trinajstić information content (AvgIpc) is 2.77. The van der Waals surface area contributed by atoms with E-state index in [4.69, 9.17) is 4.74 Å². The molecular weight excluding hydrogens is 428 g/mol. The number of hydrogen-bond acceptors (Lipinski definition) is 4. The van der Waals surface area contributed by atoms with Gasteiger partial charge < -0.3 is 15.0 Å². The maximum atomic E-state index is 12.8. The van der Waals surface area contributed by atoms with Crippen LogP contribution in [-0.2, 0) is 16.6 Å². The van der Waals surface area contributed by atoms with Crippen LogP contribution in [0.2, 0.25) is 0 Å². The fourth-order valence-corrected chi connectivity index (χ4v) is 4.61. The molecule has 0 radical (unpaired) electrons. The summed E-state index contributed by atoms with van der Waals surface area (Å²) in [5, 5.41) is 2.77. The number of amides is 2. The van der Waals surface area contributed by atoms with Crippen molar-refractivity contribution >= 4 is 16.1 Å². The summed E-state index contributed by atoms with van der Waals surface area (Å²) in [6, 6.07) is 12.9. The van der Waals surface area contributed by atoms with Gasteiger partial charge in [-0.05, 0) is 36.8 Å². The quantitative estimate of drug-likeness (QED) is 0.699. The number of nitrogens with zero attached hydrogens (tertiary/aromatic N) is 2. The molecule has 0 unspecified atom stereocenters. The molecule has 0 saturated carbocycles. The highest BCUT2D eigenvalue weighted by molar-refractivity contribution is 7.89. The Hall–Kier alpha value is -2.72. The van der Waals surface area contributed by atoms with E-state index in [1.807, 2.05) is 6.92 Å². The molecule has 0 aromatic heterocycles. The zero-order valence-electron chi connectivity index (χ0n) is 17.1. The summed E-state index contributed by atoms with van der Waals surface area (Å²) in [6.45, 7) is 2.36. The van der Waals surface area contributed by atoms with Crippen LogP contribution in [-0.4, -0.2) is 62.9 Å². The number of hydrogen-bond donors (Lipinski definition) is 1. The normalized spacial score (nSPS) is 15.2. The van der Waals surface area contributed by atoms with E-state index < -0.39 is 23.1 Å². The molecule has 1 heterocycles. The van der Waals surface area contributed by atoms with Crippen LogP contribution in [0.25, 0.3) is 0 Å². The number of piperazine rings is 1. The van der Waals surface area contributed by atoms with Gasteiger partial charge in [0, 0.05) is 32.7 Å². The van der Waals surface area contributed by atoms with Crippen LogP contribution in [0.3, 0.4) is 0 Å². The van der Waals surface area contributed by atoms with Crippen molar-refractivity contribution in [3.05, 3.63) is 59.7 Å². The van der Waals surface area contributed by atoms with E-state index in [0.717, 1.165) is 5.56 Å². The number of carbonyl (C=O) groups excluding carboxylic acids is 1. The number of ether oxygens (including phenoxy) is 1. The molecule has 1 aliphatic heterocycles. The third-order valence-corrected chi connectivity index (χ3v) is 6.82. The van der Waals surface area contributed by atoms with Crippen molar-refractivity contribution < 1.29 is 26.7 Å². The summed E-state index contributed by atoms with van der Waals surface area (Å²) in [5.41, 5.74) is 1.69. The Morgan fingerprint density at radius 2 is 1.77 bits per heavy atom. The maximum absolute atomic E-state index is 12.8. The number of benzene rings is 2. The minimum atomic E-state index is -3.59. The lowest BCUT2D eigenvalue weighted by atomic mass is 10.2. The second-order valence-corrected chi connectivity index (χ2v) is 9.15. The number of aryl methyl sites for hydroxylation is 1. The highest BCUT2D eigenvalue weighted by Gasteiger charge is 2.30. The van der Waals surface area contributed by atoms with Crippen LogP contribution in [0, 0.1) is 6.92 Å². The number of carbonyl (C=O) groups is 1. The molecule has 1 fully saturated rings. The number of halogens is 2. The van der Waals surface area contributed by atoms with Crippen LogP contribution in [0.15, 0.2) is 53.4 Å². The lowest BCUT2D eigenvalue weighted by molar-refractivity contribution is 0.0818. The molecule has 0 atom stereocenters. The maximum Gasteiger partial charge on any atom is 0.317 e. The summed E-state index contributed by atoms with van der Waals surface area (Å²) in [7, 11) is -3.59. The Labute approximate surface area is 180 Å². The predicted molar refractivity (Wildman–Crippen MR) is 112 cm³/mol. The summed E-state index contributed by atoms with van der Waals surface area (Å²) in [5.74, 6) is 0.307. The van der Waals surface area contributed by atoms with Crippen molar-refractivity contribution in [1.82, 2.24) is 14.5 Å². The smallest absolute Gasteiger partial charge is 0.317 e. The standard InChI is InChI=1S/C21H25F2N3O4S/c1-16-5-7-19(8-6-16)31(28,29)26-11-9-25(10-12-26)21(27)24-14-17-3-2-4-18(13-17)30-15-20(22)23/h2-8,13,20H,9-12,14-15H2,1H3,(H,24,27). The second kappa shape index (κ2) is 10.1. The van der Waals surface area contributed by atoms with Crippen LogP contribution < -0.4 is 10.1 Å². The minimum Gasteiger partial charge on any atom is -0.488 e. The van der Waals surface area contributed by atoms with Crippen molar-refractivity contribution in [2.45, 2.75) is 24.8 Å². The molecule has 2 aromatic rings. The SMILES string of the molecule is Cc1ccc(S(=O)(=O)N2CCN(C(=O)NCc3cccc(OCC(F)F)c3)CC2)cc1. The van der Waals surface area contributed by atoms with Gasteiger partial charge in [0.1, 0.15) is 12.4 Å². The minimum absolute atomic E-state index is 0.201. The Morgan fingerprint density at radius 3 is 2.42 bits per heavy atom. The van der Waals surface area contributed by atoms with Crippen molar-refractivity contribution in [1.29, 1.82) is 0 Å². The lowest BCUT2D eigenvalue weighted by Crippen LogP contribution is -2.52. The van der Waals surface area contributed by atoms with Crippen molar-refractivity contribution in [3.63, 3.8) is 0 Å². The van der Waals surface area contributed by atoms with E-state index in [1.165, 1.54) is 4.31 Å². The van der Waals surface area contributed by atoms with Gasteiger partial charge in [0.15, 0.2) is 0 Å². The number of urea groups is 1. The molecule has 1 aliphatic rings. The molecule has 0 bridgehead atoms. The van der Waals surface area contributed by atoms with Crippen molar-refractivity contribution in [2.24, 2.45) is 0 Å². The molecule has 2 aromatic carbocycles. The van der Waals surface area contributed by atoms with Gasteiger partial charge >= 0.3 is 6.03 Å². The van der Waals surface area contributed by atoms with Crippen LogP contribution in [0.4, 0.5) is 13.6 Å². The Morgan fingerprint density at radius 1 is 1.10 bits per heavy atom. The zero-order chi connectivity index (χ0) is 22.4. The van der Waals surface area contributed by atoms with Gasteiger partial charge in [-0.25, -0.2) is 22.0 Å². The second-order valence-electron chi connectivity index (χ2n) is 7.21. The summed E-state index contributed by atoms with van der Waals surface area (Å²) >= 11 is 0. The van der Waals surface area contributed by atoms with Crippen LogP contribution in [0.5, 0.6) is 5.75 Å².